The van der Waals surface area contributed by atoms with Crippen LogP contribution in [-0.2, 0) is 10.0 Å². The van der Waals surface area contributed by atoms with E-state index in [1.54, 1.807) is 4.83 Å². The van der Waals surface area contributed by atoms with Crippen molar-refractivity contribution in [1.82, 2.24) is 20.2 Å². The Morgan fingerprint density at radius 2 is 1.79 bits per heavy atom. The molecule has 2 aromatic rings. The van der Waals surface area contributed by atoms with Crippen LogP contribution in [-0.4, -0.2) is 30.7 Å². The number of nitrogens with one attached hydrogen (secondary N) is 2. The van der Waals surface area contributed by atoms with Crippen LogP contribution in [0.3, 0.4) is 0 Å². The summed E-state index contributed by atoms with van der Waals surface area (Å²) in [6.45, 7) is 0. The SMILES string of the molecule is O=C(NNS(=O)(=O)c1ccc(OC(F)(F)F)cc1)c1cnccn1. The molecule has 1 aromatic heterocycles. The van der Waals surface area contributed by atoms with Gasteiger partial charge in [-0.3, -0.25) is 15.2 Å². The van der Waals surface area contributed by atoms with Crippen molar-refractivity contribution in [1.29, 1.82) is 0 Å². The molecule has 128 valence electrons. The topological polar surface area (TPSA) is 110 Å². The van der Waals surface area contributed by atoms with Gasteiger partial charge in [-0.15, -0.1) is 18.0 Å². The number of amides is 1. The predicted molar refractivity (Wildman–Crippen MR) is 72.9 cm³/mol. The summed E-state index contributed by atoms with van der Waals surface area (Å²) in [5, 5.41) is 0. The second-order valence-corrected chi connectivity index (χ2v) is 5.85. The summed E-state index contributed by atoms with van der Waals surface area (Å²) in [6.07, 6.45) is -1.20. The fourth-order valence-electron chi connectivity index (χ4n) is 1.47. The Hall–Kier alpha value is -2.73. The smallest absolute Gasteiger partial charge is 0.406 e. The van der Waals surface area contributed by atoms with Gasteiger partial charge in [0.2, 0.25) is 0 Å². The zero-order valence-electron chi connectivity index (χ0n) is 11.6. The number of benzene rings is 1. The van der Waals surface area contributed by atoms with Gasteiger partial charge in [0.25, 0.3) is 15.9 Å². The molecule has 0 bridgehead atoms. The molecule has 24 heavy (non-hydrogen) atoms. The molecule has 0 aliphatic heterocycles. The maximum absolute atomic E-state index is 12.0. The number of carbonyl (C=O) groups is 1. The highest BCUT2D eigenvalue weighted by atomic mass is 32.2. The van der Waals surface area contributed by atoms with Crippen LogP contribution in [0.2, 0.25) is 0 Å². The largest absolute Gasteiger partial charge is 0.573 e. The van der Waals surface area contributed by atoms with E-state index in [4.69, 9.17) is 0 Å². The number of ether oxygens (including phenoxy) is 1. The van der Waals surface area contributed by atoms with Crippen LogP contribution in [0.15, 0.2) is 47.8 Å². The lowest BCUT2D eigenvalue weighted by Gasteiger charge is -2.10. The van der Waals surface area contributed by atoms with Crippen molar-refractivity contribution in [2.75, 3.05) is 0 Å². The molecule has 1 amide bonds. The lowest BCUT2D eigenvalue weighted by atomic mass is 10.3. The highest BCUT2D eigenvalue weighted by Gasteiger charge is 2.31. The van der Waals surface area contributed by atoms with Gasteiger partial charge in [0, 0.05) is 12.4 Å². The highest BCUT2D eigenvalue weighted by Crippen LogP contribution is 2.23. The minimum Gasteiger partial charge on any atom is -0.406 e. The maximum Gasteiger partial charge on any atom is 0.573 e. The van der Waals surface area contributed by atoms with Gasteiger partial charge in [0.15, 0.2) is 0 Å². The van der Waals surface area contributed by atoms with E-state index >= 15 is 0 Å². The maximum atomic E-state index is 12.0. The first kappa shape index (κ1) is 17.6. The Morgan fingerprint density at radius 1 is 1.12 bits per heavy atom. The van der Waals surface area contributed by atoms with E-state index in [-0.39, 0.29) is 10.6 Å². The second kappa shape index (κ2) is 6.80. The van der Waals surface area contributed by atoms with Gasteiger partial charge in [-0.25, -0.2) is 13.4 Å². The normalized spacial score (nSPS) is 11.8. The summed E-state index contributed by atoms with van der Waals surface area (Å²) < 4.78 is 63.6. The van der Waals surface area contributed by atoms with Crippen molar-refractivity contribution in [2.45, 2.75) is 11.3 Å². The zero-order chi connectivity index (χ0) is 17.8. The third-order valence-corrected chi connectivity index (χ3v) is 3.73. The molecule has 0 aliphatic carbocycles. The molecule has 0 saturated carbocycles. The summed E-state index contributed by atoms with van der Waals surface area (Å²) in [5.41, 5.74) is 1.77. The Kier molecular flexibility index (Phi) is 4.99. The summed E-state index contributed by atoms with van der Waals surface area (Å²) >= 11 is 0. The Labute approximate surface area is 133 Å². The van der Waals surface area contributed by atoms with Crippen LogP contribution >= 0.6 is 0 Å². The van der Waals surface area contributed by atoms with Gasteiger partial charge in [-0.1, -0.05) is 0 Å². The van der Waals surface area contributed by atoms with Crippen molar-refractivity contribution < 1.29 is 31.1 Å². The number of aromatic nitrogens is 2. The molecule has 1 aromatic carbocycles. The van der Waals surface area contributed by atoms with Crippen LogP contribution in [0.4, 0.5) is 13.2 Å². The number of hydrazine groups is 1. The molecule has 0 saturated heterocycles. The first-order valence-corrected chi connectivity index (χ1v) is 7.60. The second-order valence-electron chi connectivity index (χ2n) is 4.17. The Bertz CT molecular complexity index is 810. The van der Waals surface area contributed by atoms with Crippen molar-refractivity contribution >= 4 is 15.9 Å². The molecule has 1 heterocycles. The molecule has 2 rings (SSSR count). The molecule has 0 unspecified atom stereocenters. The van der Waals surface area contributed by atoms with E-state index < -0.39 is 28.0 Å². The van der Waals surface area contributed by atoms with Gasteiger partial charge in [-0.2, -0.15) is 0 Å². The third kappa shape index (κ3) is 4.89. The standard InChI is InChI=1S/C12H9F3N4O4S/c13-12(14,15)23-8-1-3-9(4-2-8)24(21,22)19-18-11(20)10-7-16-5-6-17-10/h1-7,19H,(H,18,20). The van der Waals surface area contributed by atoms with Gasteiger partial charge < -0.3 is 4.74 Å². The van der Waals surface area contributed by atoms with Gasteiger partial charge in [0.05, 0.1) is 11.1 Å². The molecule has 0 atom stereocenters. The molecule has 0 fully saturated rings. The van der Waals surface area contributed by atoms with Crippen molar-refractivity contribution in [3.63, 3.8) is 0 Å². The fraction of sp³-hybridized carbons (Fsp3) is 0.0833. The summed E-state index contributed by atoms with van der Waals surface area (Å²) in [4.78, 5) is 20.4. The Morgan fingerprint density at radius 3 is 2.33 bits per heavy atom. The average Bonchev–Trinajstić information content (AvgIpc) is 2.52. The minimum absolute atomic E-state index is 0.130. The molecule has 0 spiro atoms. The van der Waals surface area contributed by atoms with Gasteiger partial charge in [-0.05, 0) is 24.3 Å². The lowest BCUT2D eigenvalue weighted by Crippen LogP contribution is -2.41. The number of alkyl halides is 3. The number of carbonyl (C=O) groups excluding carboxylic acids is 1. The molecule has 0 radical (unpaired) electrons. The van der Waals surface area contributed by atoms with Crippen LogP contribution in [0.25, 0.3) is 0 Å². The van der Waals surface area contributed by atoms with E-state index in [1.165, 1.54) is 12.4 Å². The monoisotopic (exact) mass is 362 g/mol. The predicted octanol–water partition coefficient (Wildman–Crippen LogP) is 0.998. The number of rotatable bonds is 5. The minimum atomic E-state index is -4.89. The van der Waals surface area contributed by atoms with Crippen molar-refractivity contribution in [2.24, 2.45) is 0 Å². The number of hydrogen-bond donors (Lipinski definition) is 2. The molecular formula is C12H9F3N4O4S. The first-order chi connectivity index (χ1) is 11.2. The van der Waals surface area contributed by atoms with E-state index in [2.05, 4.69) is 14.7 Å². The van der Waals surface area contributed by atoms with E-state index in [9.17, 15) is 26.4 Å². The van der Waals surface area contributed by atoms with Gasteiger partial charge >= 0.3 is 6.36 Å². The van der Waals surface area contributed by atoms with Crippen LogP contribution in [0.5, 0.6) is 5.75 Å². The number of halogens is 3. The summed E-state index contributed by atoms with van der Waals surface area (Å²) in [6, 6.07) is 3.43. The summed E-state index contributed by atoms with van der Waals surface area (Å²) in [7, 11) is -4.19. The lowest BCUT2D eigenvalue weighted by molar-refractivity contribution is -0.274. The third-order valence-electron chi connectivity index (χ3n) is 2.46. The summed E-state index contributed by atoms with van der Waals surface area (Å²) in [5.74, 6) is -1.44. The molecule has 8 nitrogen and oxygen atoms in total. The van der Waals surface area contributed by atoms with Crippen LogP contribution < -0.4 is 15.0 Å². The number of sulfonamides is 1. The molecule has 12 heteroatoms. The van der Waals surface area contributed by atoms with E-state index in [0.29, 0.717) is 0 Å². The van der Waals surface area contributed by atoms with Crippen LogP contribution in [0, 0.1) is 0 Å². The first-order valence-electron chi connectivity index (χ1n) is 6.11. The number of nitrogens with zero attached hydrogens (tertiary/aromatic N) is 2. The fourth-order valence-corrected chi connectivity index (χ4v) is 2.31. The highest BCUT2D eigenvalue weighted by molar-refractivity contribution is 7.89. The Balaban J connectivity index is 2.04. The molecule has 2 N–H and O–H groups in total. The van der Waals surface area contributed by atoms with Crippen molar-refractivity contribution in [3.05, 3.63) is 48.5 Å². The number of hydrogen-bond acceptors (Lipinski definition) is 6. The zero-order valence-corrected chi connectivity index (χ0v) is 12.4. The van der Waals surface area contributed by atoms with E-state index in [0.717, 1.165) is 30.5 Å². The molecule has 0 aliphatic rings. The quantitative estimate of drug-likeness (QED) is 0.768. The average molecular weight is 362 g/mol. The molecular weight excluding hydrogens is 353 g/mol. The van der Waals surface area contributed by atoms with Gasteiger partial charge in [0.1, 0.15) is 11.4 Å². The van der Waals surface area contributed by atoms with Crippen molar-refractivity contribution in [3.8, 4) is 5.75 Å². The van der Waals surface area contributed by atoms with Crippen LogP contribution in [0.1, 0.15) is 10.5 Å². The van der Waals surface area contributed by atoms with E-state index in [1.807, 2.05) is 5.43 Å².